The summed E-state index contributed by atoms with van der Waals surface area (Å²) in [6.07, 6.45) is 0. The molecule has 0 bridgehead atoms. The van der Waals surface area contributed by atoms with Gasteiger partial charge in [-0.1, -0.05) is 23.7 Å². The van der Waals surface area contributed by atoms with Gasteiger partial charge in [-0.2, -0.15) is 0 Å². The summed E-state index contributed by atoms with van der Waals surface area (Å²) in [4.78, 5) is 12.0. The smallest absolute Gasteiger partial charge is 0.258 e. The minimum Gasteiger partial charge on any atom is -0.497 e. The van der Waals surface area contributed by atoms with Crippen molar-refractivity contribution in [2.75, 3.05) is 13.7 Å². The van der Waals surface area contributed by atoms with Crippen molar-refractivity contribution in [2.24, 2.45) is 0 Å². The molecule has 23 heavy (non-hydrogen) atoms. The highest BCUT2D eigenvalue weighted by Gasteiger charge is 2.11. The largest absolute Gasteiger partial charge is 0.497 e. The lowest BCUT2D eigenvalue weighted by atomic mass is 10.1. The Morgan fingerprint density at radius 1 is 1.26 bits per heavy atom. The molecule has 0 aliphatic carbocycles. The number of amides is 1. The maximum absolute atomic E-state index is 12.0. The Labute approximate surface area is 148 Å². The highest BCUT2D eigenvalue weighted by atomic mass is 79.9. The Morgan fingerprint density at radius 2 is 1.96 bits per heavy atom. The number of benzene rings is 2. The van der Waals surface area contributed by atoms with E-state index in [-0.39, 0.29) is 18.6 Å². The Morgan fingerprint density at radius 3 is 2.57 bits per heavy atom. The SMILES string of the molecule is COc1ccc(C(C)NC(=O)COc2ccc(Cl)cc2Br)cc1. The van der Waals surface area contributed by atoms with Crippen molar-refractivity contribution in [1.29, 1.82) is 0 Å². The second-order valence-electron chi connectivity index (χ2n) is 4.93. The predicted molar refractivity (Wildman–Crippen MR) is 94.2 cm³/mol. The molecule has 0 fully saturated rings. The zero-order valence-electron chi connectivity index (χ0n) is 12.8. The Bertz CT molecular complexity index is 676. The molecule has 2 aromatic carbocycles. The molecule has 0 saturated heterocycles. The van der Waals surface area contributed by atoms with Crippen LogP contribution in [0.1, 0.15) is 18.5 Å². The summed E-state index contributed by atoms with van der Waals surface area (Å²) in [5.41, 5.74) is 0.992. The summed E-state index contributed by atoms with van der Waals surface area (Å²) in [6.45, 7) is 1.85. The molecule has 0 radical (unpaired) electrons. The molecule has 0 heterocycles. The van der Waals surface area contributed by atoms with Crippen LogP contribution >= 0.6 is 27.5 Å². The Kier molecular flexibility index (Phi) is 6.30. The zero-order valence-corrected chi connectivity index (χ0v) is 15.1. The molecule has 0 aromatic heterocycles. The van der Waals surface area contributed by atoms with Crippen LogP contribution in [0.3, 0.4) is 0 Å². The zero-order chi connectivity index (χ0) is 16.8. The van der Waals surface area contributed by atoms with Gasteiger partial charge in [0.05, 0.1) is 17.6 Å². The van der Waals surface area contributed by atoms with Crippen LogP contribution in [0, 0.1) is 0 Å². The van der Waals surface area contributed by atoms with Crippen LogP contribution in [0.5, 0.6) is 11.5 Å². The fourth-order valence-corrected chi connectivity index (χ4v) is 2.79. The van der Waals surface area contributed by atoms with Gasteiger partial charge in [0.15, 0.2) is 6.61 Å². The van der Waals surface area contributed by atoms with Crippen molar-refractivity contribution < 1.29 is 14.3 Å². The number of rotatable bonds is 6. The van der Waals surface area contributed by atoms with Crippen LogP contribution in [0.2, 0.25) is 5.02 Å². The average Bonchev–Trinajstić information content (AvgIpc) is 2.54. The molecule has 0 saturated carbocycles. The molecule has 2 aromatic rings. The van der Waals surface area contributed by atoms with Crippen molar-refractivity contribution in [3.8, 4) is 11.5 Å². The van der Waals surface area contributed by atoms with Gasteiger partial charge >= 0.3 is 0 Å². The monoisotopic (exact) mass is 397 g/mol. The van der Waals surface area contributed by atoms with Gasteiger partial charge in [-0.25, -0.2) is 0 Å². The first-order valence-electron chi connectivity index (χ1n) is 7.00. The third-order valence-corrected chi connectivity index (χ3v) is 4.10. The second kappa shape index (κ2) is 8.22. The van der Waals surface area contributed by atoms with Gasteiger partial charge in [-0.3, -0.25) is 4.79 Å². The fraction of sp³-hybridized carbons (Fsp3) is 0.235. The number of hydrogen-bond acceptors (Lipinski definition) is 3. The molecule has 0 aliphatic heterocycles. The van der Waals surface area contributed by atoms with Gasteiger partial charge < -0.3 is 14.8 Å². The molecule has 0 spiro atoms. The van der Waals surface area contributed by atoms with E-state index in [0.29, 0.717) is 15.2 Å². The minimum absolute atomic E-state index is 0.0687. The molecule has 2 rings (SSSR count). The summed E-state index contributed by atoms with van der Waals surface area (Å²) >= 11 is 9.21. The molecule has 122 valence electrons. The van der Waals surface area contributed by atoms with Crippen molar-refractivity contribution in [3.63, 3.8) is 0 Å². The normalized spacial score (nSPS) is 11.7. The van der Waals surface area contributed by atoms with Gasteiger partial charge in [0.1, 0.15) is 11.5 Å². The topological polar surface area (TPSA) is 47.6 Å². The average molecular weight is 399 g/mol. The van der Waals surface area contributed by atoms with Crippen molar-refractivity contribution in [1.82, 2.24) is 5.32 Å². The third kappa shape index (κ3) is 5.15. The Hall–Kier alpha value is -1.72. The number of nitrogens with one attached hydrogen (secondary N) is 1. The highest BCUT2D eigenvalue weighted by molar-refractivity contribution is 9.10. The molecule has 1 unspecified atom stereocenters. The van der Waals surface area contributed by atoms with E-state index in [1.54, 1.807) is 25.3 Å². The first-order valence-corrected chi connectivity index (χ1v) is 8.18. The fourth-order valence-electron chi connectivity index (χ4n) is 1.99. The van der Waals surface area contributed by atoms with Crippen LogP contribution in [0.4, 0.5) is 0 Å². The highest BCUT2D eigenvalue weighted by Crippen LogP contribution is 2.27. The lowest BCUT2D eigenvalue weighted by Gasteiger charge is -2.15. The summed E-state index contributed by atoms with van der Waals surface area (Å²) in [5, 5.41) is 3.49. The standard InChI is InChI=1S/C17H17BrClNO3/c1-11(12-3-6-14(22-2)7-4-12)20-17(21)10-23-16-8-5-13(19)9-15(16)18/h3-9,11H,10H2,1-2H3,(H,20,21). The van der Waals surface area contributed by atoms with E-state index in [1.165, 1.54) is 0 Å². The molecular formula is C17H17BrClNO3. The van der Waals surface area contributed by atoms with Crippen LogP contribution in [0.15, 0.2) is 46.9 Å². The van der Waals surface area contributed by atoms with Crippen LogP contribution in [0.25, 0.3) is 0 Å². The molecule has 1 N–H and O–H groups in total. The maximum atomic E-state index is 12.0. The van der Waals surface area contributed by atoms with E-state index in [0.717, 1.165) is 11.3 Å². The van der Waals surface area contributed by atoms with Gasteiger partial charge in [0, 0.05) is 5.02 Å². The summed E-state index contributed by atoms with van der Waals surface area (Å²) in [7, 11) is 1.62. The molecule has 0 aliphatic rings. The molecular weight excluding hydrogens is 382 g/mol. The minimum atomic E-state index is -0.199. The summed E-state index contributed by atoms with van der Waals surface area (Å²) < 4.78 is 11.3. The summed E-state index contributed by atoms with van der Waals surface area (Å²) in [5.74, 6) is 1.15. The van der Waals surface area contributed by atoms with Gasteiger partial charge in [-0.15, -0.1) is 0 Å². The number of carbonyl (C=O) groups is 1. The third-order valence-electron chi connectivity index (χ3n) is 3.25. The number of methoxy groups -OCH3 is 1. The van der Waals surface area contributed by atoms with Gasteiger partial charge in [0.2, 0.25) is 0 Å². The van der Waals surface area contributed by atoms with Crippen molar-refractivity contribution in [3.05, 3.63) is 57.5 Å². The van der Waals surface area contributed by atoms with Gasteiger partial charge in [0.25, 0.3) is 5.91 Å². The van der Waals surface area contributed by atoms with Crippen LogP contribution in [-0.4, -0.2) is 19.6 Å². The Balaban J connectivity index is 1.88. The van der Waals surface area contributed by atoms with Crippen molar-refractivity contribution in [2.45, 2.75) is 13.0 Å². The lowest BCUT2D eigenvalue weighted by molar-refractivity contribution is -0.123. The van der Waals surface area contributed by atoms with E-state index in [2.05, 4.69) is 21.2 Å². The van der Waals surface area contributed by atoms with E-state index < -0.39 is 0 Å². The predicted octanol–water partition coefficient (Wildman–Crippen LogP) is 4.37. The first kappa shape index (κ1) is 17.6. The summed E-state index contributed by atoms with van der Waals surface area (Å²) in [6, 6.07) is 12.6. The second-order valence-corrected chi connectivity index (χ2v) is 6.22. The van der Waals surface area contributed by atoms with E-state index in [4.69, 9.17) is 21.1 Å². The molecule has 1 atom stereocenters. The maximum Gasteiger partial charge on any atom is 0.258 e. The molecule has 4 nitrogen and oxygen atoms in total. The van der Waals surface area contributed by atoms with E-state index in [9.17, 15) is 4.79 Å². The van der Waals surface area contributed by atoms with E-state index >= 15 is 0 Å². The van der Waals surface area contributed by atoms with Crippen LogP contribution in [-0.2, 0) is 4.79 Å². The number of halogens is 2. The lowest BCUT2D eigenvalue weighted by Crippen LogP contribution is -2.31. The van der Waals surface area contributed by atoms with E-state index in [1.807, 2.05) is 31.2 Å². The molecule has 6 heteroatoms. The quantitative estimate of drug-likeness (QED) is 0.786. The van der Waals surface area contributed by atoms with Gasteiger partial charge in [-0.05, 0) is 58.7 Å². The van der Waals surface area contributed by atoms with Crippen molar-refractivity contribution >= 4 is 33.4 Å². The van der Waals surface area contributed by atoms with Crippen LogP contribution < -0.4 is 14.8 Å². The first-order chi connectivity index (χ1) is 11.0. The number of hydrogen-bond donors (Lipinski definition) is 1. The number of carbonyl (C=O) groups excluding carboxylic acids is 1. The molecule has 1 amide bonds. The number of ether oxygens (including phenoxy) is 2.